The molecule has 0 bridgehead atoms. The molecule has 1 aliphatic heterocycles. The highest BCUT2D eigenvalue weighted by Crippen LogP contribution is 2.16. The van der Waals surface area contributed by atoms with E-state index in [9.17, 15) is 21.6 Å². The van der Waals surface area contributed by atoms with Gasteiger partial charge in [-0.05, 0) is 11.6 Å². The molecule has 1 fully saturated rings. The lowest BCUT2D eigenvalue weighted by Gasteiger charge is -2.20. The Morgan fingerprint density at radius 2 is 1.95 bits per heavy atom. The average molecular weight is 346 g/mol. The molecule has 1 amide bonds. The van der Waals surface area contributed by atoms with E-state index in [4.69, 9.17) is 0 Å². The summed E-state index contributed by atoms with van der Waals surface area (Å²) < 4.78 is 48.8. The fourth-order valence-electron chi connectivity index (χ4n) is 2.29. The van der Waals surface area contributed by atoms with Crippen molar-refractivity contribution < 1.29 is 21.6 Å². The molecule has 1 saturated heterocycles. The lowest BCUT2D eigenvalue weighted by molar-refractivity contribution is -0.130. The first kappa shape index (κ1) is 16.9. The Hall–Kier alpha value is -1.45. The number of amides is 1. The van der Waals surface area contributed by atoms with Gasteiger partial charge in [-0.25, -0.2) is 21.6 Å². The summed E-state index contributed by atoms with van der Waals surface area (Å²) in [7, 11) is -6.74. The summed E-state index contributed by atoms with van der Waals surface area (Å²) in [4.78, 5) is 13.9. The third kappa shape index (κ3) is 4.28. The molecule has 1 heterocycles. The number of hydrogen-bond donors (Lipinski definition) is 1. The van der Waals surface area contributed by atoms with Gasteiger partial charge >= 0.3 is 0 Å². The van der Waals surface area contributed by atoms with Gasteiger partial charge < -0.3 is 4.90 Å². The van der Waals surface area contributed by atoms with Crippen molar-refractivity contribution in [1.29, 1.82) is 0 Å². The lowest BCUT2D eigenvalue weighted by atomic mass is 10.1. The first-order valence-electron chi connectivity index (χ1n) is 6.72. The Bertz CT molecular complexity index is 771. The normalized spacial score (nSPS) is 18.7. The number of carbonyl (C=O) groups excluding carboxylic acids is 1. The molecule has 0 atom stereocenters. The van der Waals surface area contributed by atoms with E-state index in [1.165, 1.54) is 11.0 Å². The standard InChI is InChI=1S/C13H18N2O5S2/c1-21(17,18)12-5-3-2-4-11(12)10-13(16)15-7-6-14-22(19,20)9-8-15/h2-5,14H,6-10H2,1H3. The third-order valence-corrected chi connectivity index (χ3v) is 5.96. The highest BCUT2D eigenvalue weighted by atomic mass is 32.2. The highest BCUT2D eigenvalue weighted by molar-refractivity contribution is 7.90. The lowest BCUT2D eigenvalue weighted by Crippen LogP contribution is -2.36. The number of rotatable bonds is 3. The molecule has 0 spiro atoms. The molecule has 7 nitrogen and oxygen atoms in total. The van der Waals surface area contributed by atoms with Gasteiger partial charge in [-0.1, -0.05) is 18.2 Å². The van der Waals surface area contributed by atoms with Crippen LogP contribution in [0.1, 0.15) is 5.56 Å². The summed E-state index contributed by atoms with van der Waals surface area (Å²) >= 11 is 0. The van der Waals surface area contributed by atoms with Crippen molar-refractivity contribution in [2.45, 2.75) is 11.3 Å². The van der Waals surface area contributed by atoms with Crippen molar-refractivity contribution in [2.24, 2.45) is 0 Å². The van der Waals surface area contributed by atoms with E-state index < -0.39 is 19.9 Å². The topological polar surface area (TPSA) is 101 Å². The van der Waals surface area contributed by atoms with Gasteiger partial charge in [-0.3, -0.25) is 4.79 Å². The van der Waals surface area contributed by atoms with Crippen LogP contribution >= 0.6 is 0 Å². The summed E-state index contributed by atoms with van der Waals surface area (Å²) in [5.74, 6) is -0.429. The number of sulfone groups is 1. The molecule has 0 aliphatic carbocycles. The minimum atomic E-state index is -3.41. The molecule has 0 unspecified atom stereocenters. The molecule has 1 aliphatic rings. The van der Waals surface area contributed by atoms with E-state index in [1.807, 2.05) is 0 Å². The molecule has 2 rings (SSSR count). The zero-order valence-corrected chi connectivity index (χ0v) is 13.8. The molecule has 122 valence electrons. The van der Waals surface area contributed by atoms with Crippen LogP contribution in [0.4, 0.5) is 0 Å². The van der Waals surface area contributed by atoms with Crippen molar-refractivity contribution in [1.82, 2.24) is 9.62 Å². The van der Waals surface area contributed by atoms with Crippen LogP contribution < -0.4 is 4.72 Å². The number of nitrogens with one attached hydrogen (secondary N) is 1. The maximum atomic E-state index is 12.3. The summed E-state index contributed by atoms with van der Waals surface area (Å²) in [6.07, 6.45) is 1.03. The van der Waals surface area contributed by atoms with E-state index >= 15 is 0 Å². The smallest absolute Gasteiger partial charge is 0.227 e. The molecule has 0 radical (unpaired) electrons. The average Bonchev–Trinajstić information content (AvgIpc) is 2.59. The maximum absolute atomic E-state index is 12.3. The van der Waals surface area contributed by atoms with Crippen LogP contribution in [0.2, 0.25) is 0 Å². The van der Waals surface area contributed by atoms with Gasteiger partial charge in [0.15, 0.2) is 9.84 Å². The van der Waals surface area contributed by atoms with E-state index in [0.717, 1.165) is 6.26 Å². The Balaban J connectivity index is 2.16. The molecule has 0 aromatic heterocycles. The second-order valence-electron chi connectivity index (χ2n) is 5.15. The van der Waals surface area contributed by atoms with Crippen LogP contribution in [0.5, 0.6) is 0 Å². The Morgan fingerprint density at radius 1 is 1.27 bits per heavy atom. The summed E-state index contributed by atoms with van der Waals surface area (Å²) in [5.41, 5.74) is 0.426. The maximum Gasteiger partial charge on any atom is 0.227 e. The van der Waals surface area contributed by atoms with Crippen LogP contribution in [0.15, 0.2) is 29.2 Å². The number of carbonyl (C=O) groups is 1. The number of nitrogens with zero attached hydrogens (tertiary/aromatic N) is 1. The molecular weight excluding hydrogens is 328 g/mol. The van der Waals surface area contributed by atoms with E-state index in [-0.39, 0.29) is 42.6 Å². The second-order valence-corrected chi connectivity index (χ2v) is 9.06. The Labute approximate surface area is 130 Å². The predicted octanol–water partition coefficient (Wildman–Crippen LogP) is -0.606. The van der Waals surface area contributed by atoms with Crippen LogP contribution in [0, 0.1) is 0 Å². The molecule has 22 heavy (non-hydrogen) atoms. The van der Waals surface area contributed by atoms with Crippen LogP contribution in [-0.4, -0.2) is 59.3 Å². The summed E-state index contributed by atoms with van der Waals surface area (Å²) in [5, 5.41) is 0. The monoisotopic (exact) mass is 346 g/mol. The minimum Gasteiger partial charge on any atom is -0.340 e. The predicted molar refractivity (Wildman–Crippen MR) is 81.6 cm³/mol. The van der Waals surface area contributed by atoms with E-state index in [0.29, 0.717) is 5.56 Å². The molecule has 1 aromatic rings. The first-order valence-corrected chi connectivity index (χ1v) is 10.3. The van der Waals surface area contributed by atoms with Crippen molar-refractivity contribution in [3.05, 3.63) is 29.8 Å². The molecule has 1 aromatic carbocycles. The van der Waals surface area contributed by atoms with Gasteiger partial charge in [0, 0.05) is 25.9 Å². The van der Waals surface area contributed by atoms with Crippen molar-refractivity contribution >= 4 is 25.8 Å². The molecule has 1 N–H and O–H groups in total. The van der Waals surface area contributed by atoms with Crippen molar-refractivity contribution in [3.8, 4) is 0 Å². The second kappa shape index (κ2) is 6.35. The fraction of sp³-hybridized carbons (Fsp3) is 0.462. The SMILES string of the molecule is CS(=O)(=O)c1ccccc1CC(=O)N1CCNS(=O)(=O)CC1. The zero-order chi connectivity index (χ0) is 16.4. The van der Waals surface area contributed by atoms with E-state index in [1.54, 1.807) is 18.2 Å². The number of sulfonamides is 1. The number of benzene rings is 1. The zero-order valence-electron chi connectivity index (χ0n) is 12.1. The highest BCUT2D eigenvalue weighted by Gasteiger charge is 2.23. The molecule has 0 saturated carbocycles. The first-order chi connectivity index (χ1) is 10.2. The van der Waals surface area contributed by atoms with Gasteiger partial charge in [0.05, 0.1) is 17.1 Å². The van der Waals surface area contributed by atoms with Gasteiger partial charge in [0.1, 0.15) is 0 Å². The Morgan fingerprint density at radius 3 is 2.64 bits per heavy atom. The van der Waals surface area contributed by atoms with Crippen LogP contribution in [0.25, 0.3) is 0 Å². The van der Waals surface area contributed by atoms with E-state index in [2.05, 4.69) is 4.72 Å². The van der Waals surface area contributed by atoms with Crippen molar-refractivity contribution in [3.63, 3.8) is 0 Å². The third-order valence-electron chi connectivity index (χ3n) is 3.40. The largest absolute Gasteiger partial charge is 0.340 e. The van der Waals surface area contributed by atoms with Gasteiger partial charge in [0.2, 0.25) is 15.9 Å². The molecule has 9 heteroatoms. The van der Waals surface area contributed by atoms with Gasteiger partial charge in [0.25, 0.3) is 0 Å². The van der Waals surface area contributed by atoms with Gasteiger partial charge in [-0.2, -0.15) is 0 Å². The fourth-order valence-corrected chi connectivity index (χ4v) is 4.24. The van der Waals surface area contributed by atoms with Gasteiger partial charge in [-0.15, -0.1) is 0 Å². The van der Waals surface area contributed by atoms with Crippen LogP contribution in [0.3, 0.4) is 0 Å². The van der Waals surface area contributed by atoms with Crippen molar-refractivity contribution in [2.75, 3.05) is 31.6 Å². The minimum absolute atomic E-state index is 0.0662. The molecular formula is C13H18N2O5S2. The quantitative estimate of drug-likeness (QED) is 0.787. The summed E-state index contributed by atoms with van der Waals surface area (Å²) in [6, 6.07) is 6.34. The Kier molecular flexibility index (Phi) is 4.88. The number of hydrogen-bond acceptors (Lipinski definition) is 5. The van der Waals surface area contributed by atoms with Crippen LogP contribution in [-0.2, 0) is 31.1 Å². The summed E-state index contributed by atoms with van der Waals surface area (Å²) in [6.45, 7) is 0.552.